The molecule has 3 aromatic heterocycles. The van der Waals surface area contributed by atoms with Crippen LogP contribution in [0.5, 0.6) is 0 Å². The molecule has 2 atom stereocenters. The molecule has 214 valence electrons. The van der Waals surface area contributed by atoms with E-state index in [1.54, 1.807) is 13.1 Å². The van der Waals surface area contributed by atoms with Crippen LogP contribution < -0.4 is 10.0 Å². The summed E-state index contributed by atoms with van der Waals surface area (Å²) in [6.45, 7) is 8.80. The Morgan fingerprint density at radius 2 is 2.05 bits per heavy atom. The third kappa shape index (κ3) is 5.48. The third-order valence-corrected chi connectivity index (χ3v) is 10.3. The van der Waals surface area contributed by atoms with Gasteiger partial charge in [0.05, 0.1) is 15.9 Å². The van der Waals surface area contributed by atoms with Gasteiger partial charge in [-0.1, -0.05) is 12.1 Å². The minimum Gasteiger partial charge on any atom is -0.760 e. The fraction of sp³-hybridized carbons (Fsp3) is 0.385. The number of H-pyrrole nitrogens is 1. The Labute approximate surface area is 244 Å². The van der Waals surface area contributed by atoms with Crippen molar-refractivity contribution < 1.29 is 17.2 Å². The molecule has 0 spiro atoms. The molecule has 0 aliphatic carbocycles. The van der Waals surface area contributed by atoms with Gasteiger partial charge in [0.25, 0.3) is 0 Å². The molecular formula is C26H31BrN7O4S2-. The molecule has 0 bridgehead atoms. The monoisotopic (exact) mass is 648 g/mol. The van der Waals surface area contributed by atoms with Crippen molar-refractivity contribution in [1.29, 1.82) is 0 Å². The van der Waals surface area contributed by atoms with Crippen LogP contribution >= 0.6 is 15.9 Å². The van der Waals surface area contributed by atoms with Crippen molar-refractivity contribution in [3.63, 3.8) is 0 Å². The first kappa shape index (κ1) is 28.9. The molecule has 0 amide bonds. The quantitative estimate of drug-likeness (QED) is 0.234. The molecule has 1 aliphatic heterocycles. The smallest absolute Gasteiger partial charge is 0.213 e. The Hall–Kier alpha value is -2.62. The van der Waals surface area contributed by atoms with E-state index in [1.807, 2.05) is 39.0 Å². The van der Waals surface area contributed by atoms with E-state index in [9.17, 15) is 17.2 Å². The summed E-state index contributed by atoms with van der Waals surface area (Å²) in [6, 6.07) is 7.87. The molecule has 11 nitrogen and oxygen atoms in total. The van der Waals surface area contributed by atoms with Crippen LogP contribution in [0.15, 0.2) is 34.9 Å². The third-order valence-electron chi connectivity index (χ3n) is 7.46. The molecule has 4 aromatic rings. The van der Waals surface area contributed by atoms with Gasteiger partial charge in [-0.05, 0) is 73.3 Å². The summed E-state index contributed by atoms with van der Waals surface area (Å²) in [5.41, 5.74) is 7.81. The van der Waals surface area contributed by atoms with Crippen LogP contribution in [-0.2, 0) is 27.8 Å². The summed E-state index contributed by atoms with van der Waals surface area (Å²) in [5.74, 6) is 0.759. The largest absolute Gasteiger partial charge is 0.760 e. The van der Waals surface area contributed by atoms with Crippen molar-refractivity contribution in [3.05, 3.63) is 57.4 Å². The minimum absolute atomic E-state index is 0.0381. The number of anilines is 1. The molecule has 40 heavy (non-hydrogen) atoms. The fourth-order valence-corrected chi connectivity index (χ4v) is 7.15. The number of fused-ring (bicyclic) bond motifs is 1. The highest BCUT2D eigenvalue weighted by Gasteiger charge is 2.31. The van der Waals surface area contributed by atoms with Crippen LogP contribution in [0.3, 0.4) is 0 Å². The molecule has 3 N–H and O–H groups in total. The maximum Gasteiger partial charge on any atom is 0.213 e. The van der Waals surface area contributed by atoms with Crippen molar-refractivity contribution >= 4 is 54.1 Å². The summed E-state index contributed by atoms with van der Waals surface area (Å²) in [4.78, 5) is 12.8. The molecule has 0 saturated carbocycles. The molecule has 1 unspecified atom stereocenters. The van der Waals surface area contributed by atoms with Crippen LogP contribution in [0.1, 0.15) is 35.9 Å². The van der Waals surface area contributed by atoms with E-state index in [-0.39, 0.29) is 18.3 Å². The Balaban J connectivity index is 1.49. The van der Waals surface area contributed by atoms with Crippen LogP contribution in [0.4, 0.5) is 5.69 Å². The van der Waals surface area contributed by atoms with Crippen LogP contribution in [0.25, 0.3) is 28.2 Å². The molecule has 14 heteroatoms. The number of aromatic amines is 1. The summed E-state index contributed by atoms with van der Waals surface area (Å²) >= 11 is 1.27. The highest BCUT2D eigenvalue weighted by molar-refractivity contribution is 9.10. The first-order chi connectivity index (χ1) is 19.0. The van der Waals surface area contributed by atoms with Gasteiger partial charge in [-0.25, -0.2) is 23.1 Å². The van der Waals surface area contributed by atoms with E-state index in [0.29, 0.717) is 31.0 Å². The summed E-state index contributed by atoms with van der Waals surface area (Å²) in [5, 5.41) is 3.51. The number of benzene rings is 1. The normalized spacial score (nSPS) is 17.1. The maximum absolute atomic E-state index is 12.3. The second-order valence-electron chi connectivity index (χ2n) is 9.89. The SMILES string of the molecule is CCS(=O)(=O)N1CC[C@H](Nc2c(Br)cnc3nc(-c4cc(C)n(-c5cccc(CNS(=O)[O-])c5C)c4C)[nH]c23)C1. The van der Waals surface area contributed by atoms with E-state index >= 15 is 0 Å². The Morgan fingerprint density at radius 1 is 1.27 bits per heavy atom. The Morgan fingerprint density at radius 3 is 2.77 bits per heavy atom. The van der Waals surface area contributed by atoms with E-state index in [4.69, 9.17) is 4.98 Å². The number of pyridine rings is 1. The number of halogens is 1. The lowest BCUT2D eigenvalue weighted by Gasteiger charge is -2.17. The molecule has 1 aromatic carbocycles. The van der Waals surface area contributed by atoms with Gasteiger partial charge in [0.15, 0.2) is 5.65 Å². The predicted molar refractivity (Wildman–Crippen MR) is 159 cm³/mol. The van der Waals surface area contributed by atoms with Gasteiger partial charge in [-0.15, -0.1) is 0 Å². The molecule has 5 rings (SSSR count). The van der Waals surface area contributed by atoms with Gasteiger partial charge in [0.1, 0.15) is 11.3 Å². The number of imidazole rings is 1. The highest BCUT2D eigenvalue weighted by atomic mass is 79.9. The summed E-state index contributed by atoms with van der Waals surface area (Å²) in [6.07, 6.45) is 2.40. The number of sulfonamides is 1. The number of hydrogen-bond acceptors (Lipinski definition) is 7. The van der Waals surface area contributed by atoms with E-state index in [2.05, 4.69) is 46.6 Å². The van der Waals surface area contributed by atoms with Gasteiger partial charge in [-0.2, -0.15) is 4.31 Å². The number of aryl methyl sites for hydroxylation is 1. The molecule has 4 heterocycles. The maximum atomic E-state index is 12.3. The standard InChI is InChI=1S/C26H32BrN7O4S2/c1-5-40(37,38)33-10-9-19(14-33)30-23-21(27)13-28-26-24(23)31-25(32-26)20-11-15(2)34(17(20)4)22-8-6-7-18(16(22)3)12-29-39(35)36/h6-8,11,13,19,29H,5,9-10,12,14H2,1-4H3,(H,35,36)(H2,28,30,31,32)/p-1/t19-/m0/s1. The first-order valence-corrected chi connectivity index (χ1v) is 16.4. The molecule has 1 fully saturated rings. The lowest BCUT2D eigenvalue weighted by atomic mass is 10.1. The second kappa shape index (κ2) is 11.3. The lowest BCUT2D eigenvalue weighted by molar-refractivity contribution is 0.475. The number of nitrogens with zero attached hydrogens (tertiary/aromatic N) is 4. The highest BCUT2D eigenvalue weighted by Crippen LogP contribution is 2.35. The van der Waals surface area contributed by atoms with Crippen LogP contribution in [-0.4, -0.2) is 65.9 Å². The van der Waals surface area contributed by atoms with Crippen LogP contribution in [0.2, 0.25) is 0 Å². The number of hydrogen-bond donors (Lipinski definition) is 3. The second-order valence-corrected chi connectivity index (χ2v) is 13.8. The van der Waals surface area contributed by atoms with Crippen molar-refractivity contribution in [2.24, 2.45) is 0 Å². The fourth-order valence-electron chi connectivity index (χ4n) is 5.30. The lowest BCUT2D eigenvalue weighted by Crippen LogP contribution is -2.32. The van der Waals surface area contributed by atoms with Crippen molar-refractivity contribution in [2.45, 2.75) is 46.7 Å². The summed E-state index contributed by atoms with van der Waals surface area (Å²) in [7, 11) is -3.23. The number of aromatic nitrogens is 4. The van der Waals surface area contributed by atoms with Gasteiger partial charge in [-0.3, -0.25) is 4.21 Å². The zero-order valence-corrected chi connectivity index (χ0v) is 25.8. The Kier molecular flexibility index (Phi) is 8.19. The van der Waals surface area contributed by atoms with Gasteiger partial charge >= 0.3 is 0 Å². The number of nitrogens with one attached hydrogen (secondary N) is 3. The topological polar surface area (TPSA) is 148 Å². The van der Waals surface area contributed by atoms with Crippen molar-refractivity contribution in [3.8, 4) is 17.1 Å². The average molecular weight is 650 g/mol. The Bertz CT molecular complexity index is 1720. The number of rotatable bonds is 9. The molecular weight excluding hydrogens is 618 g/mol. The van der Waals surface area contributed by atoms with Crippen molar-refractivity contribution in [1.82, 2.24) is 28.5 Å². The van der Waals surface area contributed by atoms with Gasteiger partial charge < -0.3 is 19.4 Å². The zero-order chi connectivity index (χ0) is 28.8. The van der Waals surface area contributed by atoms with E-state index < -0.39 is 21.3 Å². The minimum atomic E-state index is -3.23. The van der Waals surface area contributed by atoms with E-state index in [0.717, 1.165) is 49.4 Å². The zero-order valence-electron chi connectivity index (χ0n) is 22.6. The first-order valence-electron chi connectivity index (χ1n) is 12.9. The molecule has 1 aliphatic rings. The van der Waals surface area contributed by atoms with Gasteiger partial charge in [0.2, 0.25) is 10.0 Å². The average Bonchev–Trinajstić information content (AvgIpc) is 3.63. The predicted octanol–water partition coefficient (Wildman–Crippen LogP) is 3.82. The molecule has 0 radical (unpaired) electrons. The summed E-state index contributed by atoms with van der Waals surface area (Å²) < 4.78 is 53.6. The van der Waals surface area contributed by atoms with Crippen LogP contribution in [0, 0.1) is 20.8 Å². The molecule has 1 saturated heterocycles. The van der Waals surface area contributed by atoms with E-state index in [1.165, 1.54) is 4.31 Å². The van der Waals surface area contributed by atoms with Crippen molar-refractivity contribution in [2.75, 3.05) is 24.2 Å². The van der Waals surface area contributed by atoms with Gasteiger partial charge in [0, 0.05) is 65.8 Å².